The Kier molecular flexibility index (Phi) is 3.35. The molecule has 1 unspecified atom stereocenters. The Morgan fingerprint density at radius 3 is 2.62 bits per heavy atom. The summed E-state index contributed by atoms with van der Waals surface area (Å²) in [5, 5.41) is 0. The lowest BCUT2D eigenvalue weighted by Crippen LogP contribution is -2.39. The van der Waals surface area contributed by atoms with Crippen molar-refractivity contribution < 1.29 is 13.2 Å². The number of pyridine rings is 1. The number of hydrogen-bond donors (Lipinski definition) is 1. The third-order valence-electron chi connectivity index (χ3n) is 4.56. The lowest BCUT2D eigenvalue weighted by molar-refractivity contribution is 0.390. The largest absolute Gasteiger partial charge is 0.326 e. The van der Waals surface area contributed by atoms with Gasteiger partial charge in [-0.1, -0.05) is 0 Å². The Bertz CT molecular complexity index is 951. The number of rotatable bonds is 1. The summed E-state index contributed by atoms with van der Waals surface area (Å²) >= 11 is 0. The molecule has 7 heteroatoms. The van der Waals surface area contributed by atoms with Crippen LogP contribution in [0.1, 0.15) is 23.0 Å². The predicted molar refractivity (Wildman–Crippen MR) is 83.0 cm³/mol. The fraction of sp³-hybridized carbons (Fsp3) is 0.294. The fourth-order valence-electron chi connectivity index (χ4n) is 3.34. The first-order valence-corrected chi connectivity index (χ1v) is 7.67. The van der Waals surface area contributed by atoms with E-state index in [2.05, 4.69) is 9.97 Å². The predicted octanol–water partition coefficient (Wildman–Crippen LogP) is 2.82. The zero-order valence-electron chi connectivity index (χ0n) is 12.9. The second kappa shape index (κ2) is 5.31. The molecule has 1 aromatic carbocycles. The SMILES string of the molecule is Cc1ccc2nc3n(c2n1)CC(N)[C@@H](c1cc(F)c(F)cc1F)C3. The molecule has 4 nitrogen and oxygen atoms in total. The summed E-state index contributed by atoms with van der Waals surface area (Å²) in [5.74, 6) is -2.81. The first-order valence-electron chi connectivity index (χ1n) is 7.67. The number of benzene rings is 1. The topological polar surface area (TPSA) is 56.7 Å². The van der Waals surface area contributed by atoms with E-state index in [1.165, 1.54) is 0 Å². The van der Waals surface area contributed by atoms with Crippen molar-refractivity contribution in [1.82, 2.24) is 14.5 Å². The van der Waals surface area contributed by atoms with E-state index >= 15 is 0 Å². The number of aryl methyl sites for hydroxylation is 1. The first kappa shape index (κ1) is 15.1. The van der Waals surface area contributed by atoms with Crippen LogP contribution in [-0.2, 0) is 13.0 Å². The molecule has 1 aliphatic rings. The summed E-state index contributed by atoms with van der Waals surface area (Å²) in [5.41, 5.74) is 8.65. The van der Waals surface area contributed by atoms with Gasteiger partial charge in [0.25, 0.3) is 0 Å². The first-order chi connectivity index (χ1) is 11.4. The van der Waals surface area contributed by atoms with Crippen molar-refractivity contribution in [1.29, 1.82) is 0 Å². The number of nitrogens with two attached hydrogens (primary N) is 1. The molecule has 2 N–H and O–H groups in total. The van der Waals surface area contributed by atoms with Gasteiger partial charge in [-0.2, -0.15) is 0 Å². The van der Waals surface area contributed by atoms with Crippen LogP contribution in [0.5, 0.6) is 0 Å². The highest BCUT2D eigenvalue weighted by Crippen LogP contribution is 2.33. The third kappa shape index (κ3) is 2.27. The molecule has 0 bridgehead atoms. The average Bonchev–Trinajstić information content (AvgIpc) is 2.87. The van der Waals surface area contributed by atoms with Gasteiger partial charge in [-0.05, 0) is 30.7 Å². The van der Waals surface area contributed by atoms with E-state index in [-0.39, 0.29) is 5.56 Å². The van der Waals surface area contributed by atoms with Crippen molar-refractivity contribution in [2.45, 2.75) is 31.8 Å². The lowest BCUT2D eigenvalue weighted by Gasteiger charge is -2.30. The molecule has 2 atom stereocenters. The molecule has 3 heterocycles. The van der Waals surface area contributed by atoms with Crippen LogP contribution in [0.2, 0.25) is 0 Å². The zero-order chi connectivity index (χ0) is 17.0. The molecule has 0 fully saturated rings. The van der Waals surface area contributed by atoms with Crippen molar-refractivity contribution in [2.75, 3.05) is 0 Å². The van der Waals surface area contributed by atoms with Gasteiger partial charge in [-0.3, -0.25) is 0 Å². The minimum atomic E-state index is -1.20. The summed E-state index contributed by atoms with van der Waals surface area (Å²) in [7, 11) is 0. The van der Waals surface area contributed by atoms with Crippen molar-refractivity contribution in [3.05, 3.63) is 58.8 Å². The molecule has 0 amide bonds. The van der Waals surface area contributed by atoms with E-state index in [1.54, 1.807) is 0 Å². The number of fused-ring (bicyclic) bond motifs is 3. The summed E-state index contributed by atoms with van der Waals surface area (Å²) in [6, 6.07) is 4.77. The number of hydrogen-bond acceptors (Lipinski definition) is 3. The third-order valence-corrected chi connectivity index (χ3v) is 4.56. The molecule has 0 spiro atoms. The molecule has 124 valence electrons. The van der Waals surface area contributed by atoms with Crippen molar-refractivity contribution in [3.63, 3.8) is 0 Å². The molecule has 0 saturated heterocycles. The highest BCUT2D eigenvalue weighted by molar-refractivity contribution is 5.72. The van der Waals surface area contributed by atoms with Gasteiger partial charge in [-0.25, -0.2) is 23.1 Å². The normalized spacial score (nSPS) is 20.4. The van der Waals surface area contributed by atoms with Crippen LogP contribution in [0.3, 0.4) is 0 Å². The standard InChI is InChI=1S/C17H15F3N4/c1-8-2-3-15-17(22-8)24-7-14(21)10(5-16(24)23-15)9-4-12(19)13(20)6-11(9)18/h2-4,6,10,14H,5,7,21H2,1H3/t10-,14?/m1/s1. The lowest BCUT2D eigenvalue weighted by atomic mass is 9.86. The number of imidazole rings is 1. The van der Waals surface area contributed by atoms with Crippen LogP contribution in [0.4, 0.5) is 13.2 Å². The highest BCUT2D eigenvalue weighted by Gasteiger charge is 2.32. The minimum Gasteiger partial charge on any atom is -0.326 e. The fourth-order valence-corrected chi connectivity index (χ4v) is 3.34. The van der Waals surface area contributed by atoms with Gasteiger partial charge in [0.1, 0.15) is 17.2 Å². The van der Waals surface area contributed by atoms with Crippen LogP contribution in [-0.4, -0.2) is 20.6 Å². The second-order valence-corrected chi connectivity index (χ2v) is 6.20. The van der Waals surface area contributed by atoms with Crippen LogP contribution in [0, 0.1) is 24.4 Å². The van der Waals surface area contributed by atoms with E-state index in [0.717, 1.165) is 28.7 Å². The van der Waals surface area contributed by atoms with E-state index < -0.39 is 29.4 Å². The van der Waals surface area contributed by atoms with Gasteiger partial charge in [0.05, 0.1) is 0 Å². The summed E-state index contributed by atoms with van der Waals surface area (Å²) in [4.78, 5) is 9.01. The average molecular weight is 332 g/mol. The number of aromatic nitrogens is 3. The molecule has 3 aromatic rings. The Morgan fingerprint density at radius 2 is 1.83 bits per heavy atom. The maximum Gasteiger partial charge on any atom is 0.161 e. The monoisotopic (exact) mass is 332 g/mol. The molecular formula is C17H15F3N4. The maximum absolute atomic E-state index is 14.1. The molecular weight excluding hydrogens is 317 g/mol. The van der Waals surface area contributed by atoms with Gasteiger partial charge in [-0.15, -0.1) is 0 Å². The molecule has 0 aliphatic carbocycles. The Hall–Kier alpha value is -2.41. The van der Waals surface area contributed by atoms with Crippen LogP contribution in [0.15, 0.2) is 24.3 Å². The van der Waals surface area contributed by atoms with Crippen LogP contribution in [0.25, 0.3) is 11.2 Å². The van der Waals surface area contributed by atoms with E-state index in [9.17, 15) is 13.2 Å². The molecule has 0 saturated carbocycles. The van der Waals surface area contributed by atoms with E-state index in [4.69, 9.17) is 5.73 Å². The number of nitrogens with zero attached hydrogens (tertiary/aromatic N) is 3. The molecule has 24 heavy (non-hydrogen) atoms. The van der Waals surface area contributed by atoms with Crippen molar-refractivity contribution in [3.8, 4) is 0 Å². The van der Waals surface area contributed by atoms with Gasteiger partial charge in [0, 0.05) is 36.7 Å². The van der Waals surface area contributed by atoms with Crippen LogP contribution < -0.4 is 5.73 Å². The van der Waals surface area contributed by atoms with E-state index in [0.29, 0.717) is 19.0 Å². The van der Waals surface area contributed by atoms with Crippen molar-refractivity contribution in [2.24, 2.45) is 5.73 Å². The van der Waals surface area contributed by atoms with Gasteiger partial charge in [0.15, 0.2) is 17.3 Å². The van der Waals surface area contributed by atoms with Gasteiger partial charge in [0.2, 0.25) is 0 Å². The minimum absolute atomic E-state index is 0.0869. The molecule has 0 radical (unpaired) electrons. The summed E-state index contributed by atoms with van der Waals surface area (Å²) in [6.07, 6.45) is 0.346. The smallest absolute Gasteiger partial charge is 0.161 e. The van der Waals surface area contributed by atoms with Gasteiger partial charge >= 0.3 is 0 Å². The Morgan fingerprint density at radius 1 is 1.08 bits per heavy atom. The summed E-state index contributed by atoms with van der Waals surface area (Å²) < 4.78 is 42.7. The Balaban J connectivity index is 1.80. The van der Waals surface area contributed by atoms with Crippen LogP contribution >= 0.6 is 0 Å². The highest BCUT2D eigenvalue weighted by atomic mass is 19.2. The molecule has 2 aromatic heterocycles. The van der Waals surface area contributed by atoms with E-state index in [1.807, 2.05) is 23.6 Å². The second-order valence-electron chi connectivity index (χ2n) is 6.20. The number of halogens is 3. The Labute approximate surface area is 136 Å². The quantitative estimate of drug-likeness (QED) is 0.697. The zero-order valence-corrected chi connectivity index (χ0v) is 12.9. The van der Waals surface area contributed by atoms with Crippen molar-refractivity contribution >= 4 is 11.2 Å². The molecule has 4 rings (SSSR count). The molecule has 1 aliphatic heterocycles. The maximum atomic E-state index is 14.1. The van der Waals surface area contributed by atoms with Gasteiger partial charge < -0.3 is 10.3 Å². The summed E-state index contributed by atoms with van der Waals surface area (Å²) in [6.45, 7) is 2.28.